The molecule has 8 heteroatoms. The van der Waals surface area contributed by atoms with Gasteiger partial charge in [-0.3, -0.25) is 0 Å². The average Bonchev–Trinajstić information content (AvgIpc) is 1.77. The maximum Gasteiger partial charge on any atom is 0.415 e. The molecule has 1 saturated heterocycles. The van der Waals surface area contributed by atoms with E-state index in [0.717, 1.165) is 0 Å². The highest BCUT2D eigenvalue weighted by Crippen LogP contribution is 2.33. The van der Waals surface area contributed by atoms with Gasteiger partial charge in [0.05, 0.1) is 4.91 Å². The Morgan fingerprint density at radius 2 is 1.69 bits per heavy atom. The van der Waals surface area contributed by atoms with Crippen molar-refractivity contribution in [3.05, 3.63) is 11.5 Å². The summed E-state index contributed by atoms with van der Waals surface area (Å²) in [6.45, 7) is 5.72. The van der Waals surface area contributed by atoms with Crippen LogP contribution in [0.25, 0.3) is 0 Å². The van der Waals surface area contributed by atoms with E-state index in [2.05, 4.69) is 14.4 Å². The maximum absolute atomic E-state index is 11.0. The lowest BCUT2D eigenvalue weighted by Crippen LogP contribution is -2.40. The smallest absolute Gasteiger partial charge is 0.236 e. The molecule has 0 bridgehead atoms. The molecule has 1 fully saturated rings. The second kappa shape index (κ2) is 2.53. The van der Waals surface area contributed by atoms with Crippen molar-refractivity contribution in [1.82, 2.24) is 0 Å². The van der Waals surface area contributed by atoms with Gasteiger partial charge in [-0.25, -0.2) is 4.18 Å². The SMILES string of the molecule is C=C1C(C)(C)OS(=O)(=O)OS1(=O)=O. The molecule has 0 aromatic rings. The van der Waals surface area contributed by atoms with E-state index < -0.39 is 31.0 Å². The van der Waals surface area contributed by atoms with Crippen LogP contribution >= 0.6 is 0 Å². The Hall–Kier alpha value is -0.440. The second-order valence-electron chi connectivity index (χ2n) is 2.95. The largest absolute Gasteiger partial charge is 0.415 e. The van der Waals surface area contributed by atoms with Gasteiger partial charge in [-0.2, -0.15) is 16.8 Å². The molecule has 0 aromatic heterocycles. The molecular weight excluding hydrogens is 220 g/mol. The monoisotopic (exact) mass is 228 g/mol. The van der Waals surface area contributed by atoms with Crippen LogP contribution in [-0.4, -0.2) is 22.4 Å². The highest BCUT2D eigenvalue weighted by atomic mass is 32.3. The van der Waals surface area contributed by atoms with E-state index in [1.165, 1.54) is 13.8 Å². The standard InChI is InChI=1S/C5H8O6S2/c1-4-5(2,3)10-13(8,9)11-12(4,6)7/h1H2,2-3H3. The third kappa shape index (κ3) is 1.90. The Balaban J connectivity index is 3.35. The van der Waals surface area contributed by atoms with Crippen molar-refractivity contribution < 1.29 is 24.6 Å². The first-order chi connectivity index (χ1) is 5.57. The molecular formula is C5H8O6S2. The topological polar surface area (TPSA) is 86.7 Å². The third-order valence-corrected chi connectivity index (χ3v) is 4.56. The Bertz CT molecular complexity index is 439. The molecule has 0 aliphatic carbocycles. The van der Waals surface area contributed by atoms with Gasteiger partial charge in [0.1, 0.15) is 5.60 Å². The number of hydrogen-bond acceptors (Lipinski definition) is 6. The molecule has 6 nitrogen and oxygen atoms in total. The van der Waals surface area contributed by atoms with Gasteiger partial charge in [0.15, 0.2) is 0 Å². The molecule has 0 radical (unpaired) electrons. The fourth-order valence-corrected chi connectivity index (χ4v) is 3.39. The van der Waals surface area contributed by atoms with Crippen LogP contribution in [-0.2, 0) is 28.3 Å². The minimum absolute atomic E-state index is 0.421. The van der Waals surface area contributed by atoms with Gasteiger partial charge >= 0.3 is 20.5 Å². The molecule has 0 atom stereocenters. The van der Waals surface area contributed by atoms with E-state index in [-0.39, 0.29) is 0 Å². The lowest BCUT2D eigenvalue weighted by atomic mass is 10.1. The normalized spacial score (nSPS) is 29.8. The molecule has 1 heterocycles. The van der Waals surface area contributed by atoms with Crippen molar-refractivity contribution in [2.24, 2.45) is 0 Å². The van der Waals surface area contributed by atoms with E-state index in [9.17, 15) is 16.8 Å². The van der Waals surface area contributed by atoms with Gasteiger partial charge in [-0.15, -0.1) is 3.63 Å². The van der Waals surface area contributed by atoms with Crippen LogP contribution in [0.3, 0.4) is 0 Å². The van der Waals surface area contributed by atoms with Crippen molar-refractivity contribution in [3.63, 3.8) is 0 Å². The van der Waals surface area contributed by atoms with E-state index in [1.807, 2.05) is 0 Å². The predicted molar refractivity (Wildman–Crippen MR) is 43.2 cm³/mol. The molecule has 13 heavy (non-hydrogen) atoms. The highest BCUT2D eigenvalue weighted by molar-refractivity contribution is 8.00. The first-order valence-electron chi connectivity index (χ1n) is 3.18. The van der Waals surface area contributed by atoms with Gasteiger partial charge in [0.25, 0.3) is 0 Å². The fraction of sp³-hybridized carbons (Fsp3) is 0.600. The van der Waals surface area contributed by atoms with Gasteiger partial charge in [0, 0.05) is 0 Å². The average molecular weight is 228 g/mol. The minimum Gasteiger partial charge on any atom is -0.236 e. The number of rotatable bonds is 0. The van der Waals surface area contributed by atoms with Crippen molar-refractivity contribution in [1.29, 1.82) is 0 Å². The zero-order valence-corrected chi connectivity index (χ0v) is 8.61. The number of hydrogen-bond donors (Lipinski definition) is 0. The van der Waals surface area contributed by atoms with Crippen molar-refractivity contribution in [2.45, 2.75) is 19.4 Å². The van der Waals surface area contributed by atoms with Crippen LogP contribution in [0.4, 0.5) is 0 Å². The Morgan fingerprint density at radius 1 is 1.23 bits per heavy atom. The molecule has 0 spiro atoms. The van der Waals surface area contributed by atoms with Crippen molar-refractivity contribution in [3.8, 4) is 0 Å². The van der Waals surface area contributed by atoms with E-state index in [1.54, 1.807) is 0 Å². The summed E-state index contributed by atoms with van der Waals surface area (Å²) in [6, 6.07) is 0. The molecule has 0 amide bonds. The summed E-state index contributed by atoms with van der Waals surface area (Å²) in [5.74, 6) is 0. The summed E-state index contributed by atoms with van der Waals surface area (Å²) in [6.07, 6.45) is 0. The van der Waals surface area contributed by atoms with E-state index in [4.69, 9.17) is 0 Å². The Labute approximate surface area is 76.6 Å². The quantitative estimate of drug-likeness (QED) is 0.575. The maximum atomic E-state index is 11.0. The first kappa shape index (κ1) is 10.6. The summed E-state index contributed by atoms with van der Waals surface area (Å²) in [4.78, 5) is -0.421. The summed E-state index contributed by atoms with van der Waals surface area (Å²) < 4.78 is 51.7. The van der Waals surface area contributed by atoms with Gasteiger partial charge in [-0.05, 0) is 13.8 Å². The molecule has 0 N–H and O–H groups in total. The fourth-order valence-electron chi connectivity index (χ4n) is 0.767. The van der Waals surface area contributed by atoms with Crippen LogP contribution in [0.2, 0.25) is 0 Å². The zero-order valence-electron chi connectivity index (χ0n) is 6.97. The molecule has 1 rings (SSSR count). The summed E-state index contributed by atoms with van der Waals surface area (Å²) in [5.41, 5.74) is -1.49. The molecule has 0 saturated carbocycles. The molecule has 76 valence electrons. The third-order valence-electron chi connectivity index (χ3n) is 1.46. The lowest BCUT2D eigenvalue weighted by molar-refractivity contribution is 0.133. The summed E-state index contributed by atoms with van der Waals surface area (Å²) >= 11 is 0. The predicted octanol–water partition coefficient (Wildman–Crippen LogP) is -0.0999. The van der Waals surface area contributed by atoms with Crippen LogP contribution in [0.5, 0.6) is 0 Å². The van der Waals surface area contributed by atoms with Crippen molar-refractivity contribution >= 4 is 20.5 Å². The highest BCUT2D eigenvalue weighted by Gasteiger charge is 2.46. The molecule has 0 aromatic carbocycles. The molecule has 1 aliphatic heterocycles. The van der Waals surface area contributed by atoms with Crippen LogP contribution in [0.15, 0.2) is 11.5 Å². The van der Waals surface area contributed by atoms with Crippen LogP contribution in [0, 0.1) is 0 Å². The Kier molecular flexibility index (Phi) is 2.07. The van der Waals surface area contributed by atoms with Gasteiger partial charge in [0.2, 0.25) is 0 Å². The van der Waals surface area contributed by atoms with Crippen LogP contribution < -0.4 is 0 Å². The summed E-state index contributed by atoms with van der Waals surface area (Å²) in [7, 11) is -8.76. The van der Waals surface area contributed by atoms with E-state index in [0.29, 0.717) is 0 Å². The lowest BCUT2D eigenvalue weighted by Gasteiger charge is -2.29. The molecule has 1 aliphatic rings. The molecule has 0 unspecified atom stereocenters. The first-order valence-corrected chi connectivity index (χ1v) is 5.92. The summed E-state index contributed by atoms with van der Waals surface area (Å²) in [5, 5.41) is 0. The second-order valence-corrected chi connectivity index (χ2v) is 5.88. The minimum atomic E-state index is -4.48. The van der Waals surface area contributed by atoms with Gasteiger partial charge in [-0.1, -0.05) is 6.58 Å². The zero-order chi connectivity index (χ0) is 10.5. The van der Waals surface area contributed by atoms with Crippen LogP contribution in [0.1, 0.15) is 13.8 Å². The Morgan fingerprint density at radius 3 is 2.08 bits per heavy atom. The van der Waals surface area contributed by atoms with Gasteiger partial charge < -0.3 is 0 Å². The van der Waals surface area contributed by atoms with Crippen molar-refractivity contribution in [2.75, 3.05) is 0 Å². The van der Waals surface area contributed by atoms with E-state index >= 15 is 0 Å².